The van der Waals surface area contributed by atoms with Gasteiger partial charge in [-0.3, -0.25) is 14.7 Å². The molecular weight excluding hydrogens is 411 g/mol. The monoisotopic (exact) mass is 432 g/mol. The summed E-state index contributed by atoms with van der Waals surface area (Å²) in [6.07, 6.45) is 0. The maximum Gasteiger partial charge on any atom is 0.269 e. The Bertz CT molecular complexity index is 997. The molecule has 0 radical (unpaired) electrons. The summed E-state index contributed by atoms with van der Waals surface area (Å²) >= 11 is 1.45. The molecule has 1 atom stereocenters. The van der Waals surface area contributed by atoms with Crippen LogP contribution in [0.25, 0.3) is 0 Å². The average molecular weight is 432 g/mol. The number of rotatable bonds is 10. The topological polar surface area (TPSA) is 92.3 Å². The van der Waals surface area contributed by atoms with Crippen molar-refractivity contribution in [3.05, 3.63) is 75.9 Å². The van der Waals surface area contributed by atoms with Crippen molar-refractivity contribution in [1.29, 1.82) is 0 Å². The number of benzene rings is 2. The van der Waals surface area contributed by atoms with Crippen LogP contribution in [0.4, 0.5) is 10.1 Å². The molecule has 3 aromatic rings. The van der Waals surface area contributed by atoms with Gasteiger partial charge in [-0.15, -0.1) is 10.2 Å². The predicted octanol–water partition coefficient (Wildman–Crippen LogP) is 4.40. The highest BCUT2D eigenvalue weighted by atomic mass is 32.2. The summed E-state index contributed by atoms with van der Waals surface area (Å²) in [5.41, 5.74) is 0.969. The molecule has 10 heteroatoms. The fraction of sp³-hybridized carbons (Fsp3) is 0.300. The minimum Gasteiger partial charge on any atom is -0.483 e. The SMILES string of the molecule is COCC(C)n1c(COc2ccccc2F)nnc1SCc1ccc([N+](=O)[O-])cc1. The number of aromatic nitrogens is 3. The highest BCUT2D eigenvalue weighted by molar-refractivity contribution is 7.98. The number of thioether (sulfide) groups is 1. The number of hydrogen-bond acceptors (Lipinski definition) is 7. The lowest BCUT2D eigenvalue weighted by Gasteiger charge is -2.17. The van der Waals surface area contributed by atoms with E-state index < -0.39 is 10.7 Å². The van der Waals surface area contributed by atoms with E-state index in [0.29, 0.717) is 23.3 Å². The molecular formula is C20H21FN4O4S. The molecule has 0 N–H and O–H groups in total. The van der Waals surface area contributed by atoms with Crippen LogP contribution in [-0.4, -0.2) is 33.4 Å². The third-order valence-corrected chi connectivity index (χ3v) is 5.31. The Morgan fingerprint density at radius 3 is 2.60 bits per heavy atom. The van der Waals surface area contributed by atoms with E-state index in [-0.39, 0.29) is 24.1 Å². The van der Waals surface area contributed by atoms with Gasteiger partial charge in [0.15, 0.2) is 22.5 Å². The second-order valence-electron chi connectivity index (χ2n) is 6.50. The van der Waals surface area contributed by atoms with Gasteiger partial charge in [-0.25, -0.2) is 4.39 Å². The molecule has 0 spiro atoms. The number of ether oxygens (including phenoxy) is 2. The van der Waals surface area contributed by atoms with Crippen LogP contribution in [0.2, 0.25) is 0 Å². The van der Waals surface area contributed by atoms with Gasteiger partial charge in [0, 0.05) is 25.0 Å². The first-order valence-electron chi connectivity index (χ1n) is 9.15. The Balaban J connectivity index is 1.75. The first-order chi connectivity index (χ1) is 14.5. The zero-order valence-corrected chi connectivity index (χ0v) is 17.3. The first kappa shape index (κ1) is 21.7. The quantitative estimate of drug-likeness (QED) is 0.266. The van der Waals surface area contributed by atoms with Gasteiger partial charge in [0.2, 0.25) is 0 Å². The number of hydrogen-bond donors (Lipinski definition) is 0. The first-order valence-corrected chi connectivity index (χ1v) is 10.1. The number of halogens is 1. The van der Waals surface area contributed by atoms with E-state index in [2.05, 4.69) is 10.2 Å². The highest BCUT2D eigenvalue weighted by Crippen LogP contribution is 2.27. The maximum atomic E-state index is 13.8. The molecule has 0 saturated carbocycles. The molecule has 1 unspecified atom stereocenters. The summed E-state index contributed by atoms with van der Waals surface area (Å²) < 4.78 is 26.6. The number of nitro benzene ring substituents is 1. The van der Waals surface area contributed by atoms with E-state index in [0.717, 1.165) is 5.56 Å². The van der Waals surface area contributed by atoms with Crippen molar-refractivity contribution in [2.24, 2.45) is 0 Å². The lowest BCUT2D eigenvalue weighted by atomic mass is 10.2. The minimum absolute atomic E-state index is 0.0493. The van der Waals surface area contributed by atoms with Crippen LogP contribution in [0.1, 0.15) is 24.4 Å². The van der Waals surface area contributed by atoms with Gasteiger partial charge in [0.25, 0.3) is 5.69 Å². The third kappa shape index (κ3) is 5.33. The van der Waals surface area contributed by atoms with Gasteiger partial charge in [-0.1, -0.05) is 36.0 Å². The van der Waals surface area contributed by atoms with E-state index in [4.69, 9.17) is 9.47 Å². The van der Waals surface area contributed by atoms with Crippen molar-refractivity contribution in [3.63, 3.8) is 0 Å². The molecule has 1 heterocycles. The van der Waals surface area contributed by atoms with E-state index in [1.807, 2.05) is 11.5 Å². The molecule has 0 amide bonds. The Morgan fingerprint density at radius 1 is 1.20 bits per heavy atom. The van der Waals surface area contributed by atoms with Crippen LogP contribution in [-0.2, 0) is 17.1 Å². The molecule has 0 saturated heterocycles. The Labute approximate surface area is 177 Å². The van der Waals surface area contributed by atoms with Crippen LogP contribution >= 0.6 is 11.8 Å². The fourth-order valence-corrected chi connectivity index (χ4v) is 3.84. The van der Waals surface area contributed by atoms with E-state index >= 15 is 0 Å². The molecule has 0 aliphatic heterocycles. The normalized spacial score (nSPS) is 12.0. The molecule has 1 aromatic heterocycles. The van der Waals surface area contributed by atoms with Crippen LogP contribution in [0.5, 0.6) is 5.75 Å². The van der Waals surface area contributed by atoms with Crippen molar-refractivity contribution >= 4 is 17.4 Å². The second kappa shape index (κ2) is 10.2. The lowest BCUT2D eigenvalue weighted by molar-refractivity contribution is -0.384. The van der Waals surface area contributed by atoms with Gasteiger partial charge in [0.1, 0.15) is 6.61 Å². The van der Waals surface area contributed by atoms with Crippen molar-refractivity contribution in [3.8, 4) is 5.75 Å². The van der Waals surface area contributed by atoms with Crippen molar-refractivity contribution in [2.75, 3.05) is 13.7 Å². The number of para-hydroxylation sites is 1. The molecule has 0 aliphatic rings. The molecule has 0 aliphatic carbocycles. The maximum absolute atomic E-state index is 13.8. The fourth-order valence-electron chi connectivity index (χ4n) is 2.83. The average Bonchev–Trinajstić information content (AvgIpc) is 3.15. The largest absolute Gasteiger partial charge is 0.483 e. The summed E-state index contributed by atoms with van der Waals surface area (Å²) in [5.74, 6) is 0.811. The second-order valence-corrected chi connectivity index (χ2v) is 7.45. The smallest absolute Gasteiger partial charge is 0.269 e. The van der Waals surface area contributed by atoms with Crippen LogP contribution in [0, 0.1) is 15.9 Å². The summed E-state index contributed by atoms with van der Waals surface area (Å²) in [7, 11) is 1.61. The lowest BCUT2D eigenvalue weighted by Crippen LogP contribution is -2.16. The Hall–Kier alpha value is -2.98. The summed E-state index contributed by atoms with van der Waals surface area (Å²) in [4.78, 5) is 10.4. The van der Waals surface area contributed by atoms with Crippen molar-refractivity contribution in [1.82, 2.24) is 14.8 Å². The highest BCUT2D eigenvalue weighted by Gasteiger charge is 2.19. The zero-order valence-electron chi connectivity index (χ0n) is 16.5. The Kier molecular flexibility index (Phi) is 7.36. The molecule has 8 nitrogen and oxygen atoms in total. The van der Waals surface area contributed by atoms with Gasteiger partial charge < -0.3 is 9.47 Å². The number of nitrogens with zero attached hydrogens (tertiary/aromatic N) is 4. The molecule has 0 fully saturated rings. The number of non-ortho nitro benzene ring substituents is 1. The number of methoxy groups -OCH3 is 1. The molecule has 3 rings (SSSR count). The van der Waals surface area contributed by atoms with E-state index in [1.54, 1.807) is 37.4 Å². The third-order valence-electron chi connectivity index (χ3n) is 4.29. The summed E-state index contributed by atoms with van der Waals surface area (Å²) in [6, 6.07) is 12.5. The zero-order chi connectivity index (χ0) is 21.5. The van der Waals surface area contributed by atoms with E-state index in [1.165, 1.54) is 30.0 Å². The molecule has 158 valence electrons. The van der Waals surface area contributed by atoms with Crippen molar-refractivity contribution in [2.45, 2.75) is 30.5 Å². The van der Waals surface area contributed by atoms with Gasteiger partial charge in [0.05, 0.1) is 17.6 Å². The molecule has 0 bridgehead atoms. The minimum atomic E-state index is -0.443. The van der Waals surface area contributed by atoms with Gasteiger partial charge >= 0.3 is 0 Å². The predicted molar refractivity (Wildman–Crippen MR) is 110 cm³/mol. The Morgan fingerprint density at radius 2 is 1.93 bits per heavy atom. The van der Waals surface area contributed by atoms with Crippen molar-refractivity contribution < 1.29 is 18.8 Å². The van der Waals surface area contributed by atoms with Crippen LogP contribution in [0.15, 0.2) is 53.7 Å². The number of nitro groups is 1. The standard InChI is InChI=1S/C20H21FN4O4S/c1-14(11-28-2)24-19(12-29-18-6-4-3-5-17(18)21)22-23-20(24)30-13-15-7-9-16(10-8-15)25(26)27/h3-10,14H,11-13H2,1-2H3. The summed E-state index contributed by atoms with van der Waals surface area (Å²) in [5, 5.41) is 19.9. The van der Waals surface area contributed by atoms with E-state index in [9.17, 15) is 14.5 Å². The summed E-state index contributed by atoms with van der Waals surface area (Å²) in [6.45, 7) is 2.46. The van der Waals surface area contributed by atoms with Crippen LogP contribution in [0.3, 0.4) is 0 Å². The van der Waals surface area contributed by atoms with Gasteiger partial charge in [-0.2, -0.15) is 0 Å². The molecule has 2 aromatic carbocycles. The van der Waals surface area contributed by atoms with Gasteiger partial charge in [-0.05, 0) is 24.6 Å². The molecule has 30 heavy (non-hydrogen) atoms. The van der Waals surface area contributed by atoms with Crippen LogP contribution < -0.4 is 4.74 Å².